The molecule has 0 spiro atoms. The van der Waals surface area contributed by atoms with Gasteiger partial charge in [0.25, 0.3) is 0 Å². The summed E-state index contributed by atoms with van der Waals surface area (Å²) in [5, 5.41) is 4.32. The molecular weight excluding hydrogens is 248 g/mol. The highest BCUT2D eigenvalue weighted by molar-refractivity contribution is 5.81. The number of pyridine rings is 1. The first-order chi connectivity index (χ1) is 9.46. The van der Waals surface area contributed by atoms with E-state index in [-0.39, 0.29) is 5.54 Å². The second kappa shape index (κ2) is 5.90. The maximum atomic E-state index is 5.86. The predicted octanol–water partition coefficient (Wildman–Crippen LogP) is 2.48. The Labute approximate surface area is 120 Å². The summed E-state index contributed by atoms with van der Waals surface area (Å²) in [4.78, 5) is 8.81. The number of aromatic nitrogens is 1. The molecule has 0 fully saturated rings. The third kappa shape index (κ3) is 3.95. The quantitative estimate of drug-likeness (QED) is 0.665. The van der Waals surface area contributed by atoms with Gasteiger partial charge in [0, 0.05) is 23.7 Å². The molecule has 20 heavy (non-hydrogen) atoms. The molecule has 1 heterocycles. The number of aliphatic imine (C=N–C) groups is 1. The molecule has 0 atom stereocenters. The molecule has 0 bridgehead atoms. The molecule has 1 aromatic heterocycles. The lowest BCUT2D eigenvalue weighted by atomic mass is 10.1. The predicted molar refractivity (Wildman–Crippen MR) is 84.8 cm³/mol. The number of nitrogens with one attached hydrogen (secondary N) is 1. The largest absolute Gasteiger partial charge is 0.370 e. The van der Waals surface area contributed by atoms with Gasteiger partial charge in [0.15, 0.2) is 5.96 Å². The average molecular weight is 270 g/mol. The second-order valence-corrected chi connectivity index (χ2v) is 5.88. The number of para-hydroxylation sites is 1. The van der Waals surface area contributed by atoms with Crippen LogP contribution in [0.4, 0.5) is 0 Å². The van der Waals surface area contributed by atoms with E-state index in [0.717, 1.165) is 17.3 Å². The third-order valence-electron chi connectivity index (χ3n) is 2.88. The molecule has 2 aromatic rings. The van der Waals surface area contributed by atoms with Crippen molar-refractivity contribution in [2.45, 2.75) is 32.7 Å². The van der Waals surface area contributed by atoms with Crippen LogP contribution in [-0.2, 0) is 6.42 Å². The zero-order valence-electron chi connectivity index (χ0n) is 12.4. The lowest BCUT2D eigenvalue weighted by molar-refractivity contribution is 0.508. The number of nitrogens with two attached hydrogens (primary N) is 1. The van der Waals surface area contributed by atoms with Gasteiger partial charge < -0.3 is 11.1 Å². The lowest BCUT2D eigenvalue weighted by Crippen LogP contribution is -2.45. The minimum absolute atomic E-state index is 0.0609. The number of fused-ring (bicyclic) bond motifs is 1. The number of rotatable bonds is 3. The first-order valence-electron chi connectivity index (χ1n) is 6.86. The van der Waals surface area contributed by atoms with Crippen LogP contribution in [0.2, 0.25) is 0 Å². The van der Waals surface area contributed by atoms with Crippen LogP contribution in [0.5, 0.6) is 0 Å². The van der Waals surface area contributed by atoms with E-state index < -0.39 is 0 Å². The molecule has 0 radical (unpaired) electrons. The normalized spacial score (nSPS) is 12.7. The first-order valence-corrected chi connectivity index (χ1v) is 6.86. The van der Waals surface area contributed by atoms with Crippen LogP contribution in [0.15, 0.2) is 41.5 Å². The highest BCUT2D eigenvalue weighted by atomic mass is 15.1. The van der Waals surface area contributed by atoms with E-state index in [9.17, 15) is 0 Å². The Hall–Kier alpha value is -2.10. The summed E-state index contributed by atoms with van der Waals surface area (Å²) in [6, 6.07) is 10.3. The fraction of sp³-hybridized carbons (Fsp3) is 0.375. The fourth-order valence-corrected chi connectivity index (χ4v) is 2.09. The Bertz CT molecular complexity index is 606. The minimum atomic E-state index is -0.0609. The number of benzene rings is 1. The van der Waals surface area contributed by atoms with Crippen molar-refractivity contribution in [1.29, 1.82) is 0 Å². The highest BCUT2D eigenvalue weighted by Gasteiger charge is 2.09. The number of hydrogen-bond donors (Lipinski definition) is 2. The summed E-state index contributed by atoms with van der Waals surface area (Å²) >= 11 is 0. The smallest absolute Gasteiger partial charge is 0.188 e. The van der Waals surface area contributed by atoms with Crippen LogP contribution in [0.3, 0.4) is 0 Å². The molecular formula is C16H22N4. The van der Waals surface area contributed by atoms with Crippen molar-refractivity contribution in [1.82, 2.24) is 10.3 Å². The summed E-state index contributed by atoms with van der Waals surface area (Å²) in [5.41, 5.74) is 8.05. The Morgan fingerprint density at radius 3 is 2.75 bits per heavy atom. The standard InChI is InChI=1S/C16H22N4/c1-16(2,3)20-15(17)19-11-9-13-7-4-6-12-8-5-10-18-14(12)13/h4-8,10H,9,11H2,1-3H3,(H3,17,19,20). The maximum absolute atomic E-state index is 5.86. The van der Waals surface area contributed by atoms with Crippen molar-refractivity contribution in [3.8, 4) is 0 Å². The SMILES string of the molecule is CC(C)(C)NC(N)=NCCc1cccc2cccnc12. The second-order valence-electron chi connectivity index (χ2n) is 5.88. The molecule has 0 aliphatic carbocycles. The van der Waals surface area contributed by atoms with Gasteiger partial charge in [0.2, 0.25) is 0 Å². The van der Waals surface area contributed by atoms with Gasteiger partial charge in [-0.1, -0.05) is 24.3 Å². The fourth-order valence-electron chi connectivity index (χ4n) is 2.09. The van der Waals surface area contributed by atoms with Crippen molar-refractivity contribution < 1.29 is 0 Å². The topological polar surface area (TPSA) is 63.3 Å². The summed E-state index contributed by atoms with van der Waals surface area (Å²) in [6.45, 7) is 6.84. The first kappa shape index (κ1) is 14.3. The van der Waals surface area contributed by atoms with Crippen LogP contribution in [-0.4, -0.2) is 23.0 Å². The monoisotopic (exact) mass is 270 g/mol. The number of hydrogen-bond acceptors (Lipinski definition) is 2. The van der Waals surface area contributed by atoms with Crippen molar-refractivity contribution in [3.05, 3.63) is 42.1 Å². The average Bonchev–Trinajstić information content (AvgIpc) is 2.37. The van der Waals surface area contributed by atoms with Gasteiger partial charge in [-0.3, -0.25) is 9.98 Å². The van der Waals surface area contributed by atoms with Crippen LogP contribution in [0, 0.1) is 0 Å². The Morgan fingerprint density at radius 2 is 2.00 bits per heavy atom. The van der Waals surface area contributed by atoms with Gasteiger partial charge in [-0.05, 0) is 38.8 Å². The highest BCUT2D eigenvalue weighted by Crippen LogP contribution is 2.16. The minimum Gasteiger partial charge on any atom is -0.370 e. The summed E-state index contributed by atoms with van der Waals surface area (Å²) in [5.74, 6) is 0.491. The number of guanidine groups is 1. The molecule has 3 N–H and O–H groups in total. The van der Waals surface area contributed by atoms with E-state index in [4.69, 9.17) is 5.73 Å². The molecule has 1 aromatic carbocycles. The van der Waals surface area contributed by atoms with E-state index in [1.165, 1.54) is 5.56 Å². The van der Waals surface area contributed by atoms with Crippen LogP contribution in [0.25, 0.3) is 10.9 Å². The lowest BCUT2D eigenvalue weighted by Gasteiger charge is -2.20. The van der Waals surface area contributed by atoms with Gasteiger partial charge in [-0.25, -0.2) is 0 Å². The Balaban J connectivity index is 2.05. The Morgan fingerprint density at radius 1 is 1.25 bits per heavy atom. The molecule has 0 amide bonds. The van der Waals surface area contributed by atoms with Crippen LogP contribution < -0.4 is 11.1 Å². The van der Waals surface area contributed by atoms with Crippen molar-refractivity contribution in [2.24, 2.45) is 10.7 Å². The van der Waals surface area contributed by atoms with Crippen LogP contribution >= 0.6 is 0 Å². The van der Waals surface area contributed by atoms with Gasteiger partial charge in [0.05, 0.1) is 5.52 Å². The van der Waals surface area contributed by atoms with Crippen molar-refractivity contribution in [2.75, 3.05) is 6.54 Å². The molecule has 0 aliphatic heterocycles. The molecule has 0 aliphatic rings. The molecule has 4 nitrogen and oxygen atoms in total. The van der Waals surface area contributed by atoms with E-state index in [0.29, 0.717) is 12.5 Å². The van der Waals surface area contributed by atoms with Crippen molar-refractivity contribution in [3.63, 3.8) is 0 Å². The molecule has 0 saturated carbocycles. The maximum Gasteiger partial charge on any atom is 0.188 e. The summed E-state index contributed by atoms with van der Waals surface area (Å²) in [6.07, 6.45) is 2.66. The van der Waals surface area contributed by atoms with Gasteiger partial charge >= 0.3 is 0 Å². The van der Waals surface area contributed by atoms with E-state index in [1.54, 1.807) is 0 Å². The Kier molecular flexibility index (Phi) is 4.23. The van der Waals surface area contributed by atoms with Gasteiger partial charge in [-0.2, -0.15) is 0 Å². The van der Waals surface area contributed by atoms with E-state index in [1.807, 2.05) is 12.3 Å². The summed E-state index contributed by atoms with van der Waals surface area (Å²) < 4.78 is 0. The molecule has 2 rings (SSSR count). The molecule has 4 heteroatoms. The third-order valence-corrected chi connectivity index (χ3v) is 2.88. The van der Waals surface area contributed by atoms with E-state index in [2.05, 4.69) is 60.3 Å². The number of nitrogens with zero attached hydrogens (tertiary/aromatic N) is 2. The van der Waals surface area contributed by atoms with Gasteiger partial charge in [-0.15, -0.1) is 0 Å². The molecule has 0 unspecified atom stereocenters. The van der Waals surface area contributed by atoms with Gasteiger partial charge in [0.1, 0.15) is 0 Å². The van der Waals surface area contributed by atoms with Crippen molar-refractivity contribution >= 4 is 16.9 Å². The molecule has 106 valence electrons. The molecule has 0 saturated heterocycles. The van der Waals surface area contributed by atoms with E-state index >= 15 is 0 Å². The zero-order valence-corrected chi connectivity index (χ0v) is 12.4. The van der Waals surface area contributed by atoms with Crippen LogP contribution in [0.1, 0.15) is 26.3 Å². The zero-order chi connectivity index (χ0) is 14.6. The summed E-state index contributed by atoms with van der Waals surface area (Å²) in [7, 11) is 0.